The van der Waals surface area contributed by atoms with Crippen LogP contribution in [-0.2, 0) is 0 Å². The van der Waals surface area contributed by atoms with Gasteiger partial charge in [0.05, 0.1) is 15.2 Å². The summed E-state index contributed by atoms with van der Waals surface area (Å²) in [5.74, 6) is 0. The average molecular weight is 304 g/mol. The van der Waals surface area contributed by atoms with Crippen molar-refractivity contribution >= 4 is 33.3 Å². The normalized spacial score (nSPS) is 15.5. The predicted octanol–water partition coefficient (Wildman–Crippen LogP) is 2.82. The second kappa shape index (κ2) is 6.41. The largest absolute Gasteiger partial charge is 0.337 e. The number of carbonyl (C=O) groups excluding carboxylic acids is 1. The molecule has 112 valence electrons. The van der Waals surface area contributed by atoms with Gasteiger partial charge < -0.3 is 15.5 Å². The van der Waals surface area contributed by atoms with E-state index in [-0.39, 0.29) is 6.03 Å². The maximum atomic E-state index is 11.9. The van der Waals surface area contributed by atoms with E-state index in [2.05, 4.69) is 20.5 Å². The Hall–Kier alpha value is -1.66. The van der Waals surface area contributed by atoms with Crippen molar-refractivity contribution < 1.29 is 4.79 Å². The number of aromatic nitrogens is 1. The predicted molar refractivity (Wildman–Crippen MR) is 87.1 cm³/mol. The van der Waals surface area contributed by atoms with Crippen LogP contribution in [0.4, 0.5) is 10.5 Å². The second-order valence-corrected chi connectivity index (χ2v) is 6.58. The highest BCUT2D eigenvalue weighted by atomic mass is 32.1. The highest BCUT2D eigenvalue weighted by Crippen LogP contribution is 2.24. The summed E-state index contributed by atoms with van der Waals surface area (Å²) in [6.07, 6.45) is 2.55. The standard InChI is InChI=1S/C15H20N4OS/c1-11-17-13-10-12(4-5-14(13)21-11)18-15(20)16-6-9-19-7-2-3-8-19/h4-5,10H,2-3,6-9H2,1H3,(H2,16,18,20). The van der Waals surface area contributed by atoms with Crippen LogP contribution >= 0.6 is 11.3 Å². The first-order valence-corrected chi connectivity index (χ1v) is 8.17. The number of benzene rings is 1. The van der Waals surface area contributed by atoms with Crippen LogP contribution in [0.1, 0.15) is 17.8 Å². The molecule has 0 aliphatic carbocycles. The zero-order valence-corrected chi connectivity index (χ0v) is 13.0. The number of anilines is 1. The Kier molecular flexibility index (Phi) is 4.36. The Morgan fingerprint density at radius 1 is 1.38 bits per heavy atom. The summed E-state index contributed by atoms with van der Waals surface area (Å²) in [7, 11) is 0. The first-order valence-electron chi connectivity index (χ1n) is 7.35. The van der Waals surface area contributed by atoms with E-state index in [0.717, 1.165) is 40.5 Å². The molecule has 1 aromatic carbocycles. The molecule has 3 rings (SSSR count). The molecule has 2 heterocycles. The molecule has 6 heteroatoms. The molecule has 1 aromatic heterocycles. The number of amides is 2. The van der Waals surface area contributed by atoms with Crippen molar-refractivity contribution in [2.75, 3.05) is 31.5 Å². The molecule has 0 unspecified atom stereocenters. The van der Waals surface area contributed by atoms with Gasteiger partial charge >= 0.3 is 6.03 Å². The zero-order chi connectivity index (χ0) is 14.7. The van der Waals surface area contributed by atoms with E-state index in [0.29, 0.717) is 6.54 Å². The summed E-state index contributed by atoms with van der Waals surface area (Å²) in [5, 5.41) is 6.81. The van der Waals surface area contributed by atoms with E-state index in [4.69, 9.17) is 0 Å². The number of urea groups is 1. The molecule has 5 nitrogen and oxygen atoms in total. The van der Waals surface area contributed by atoms with Gasteiger partial charge in [-0.2, -0.15) is 0 Å². The third-order valence-corrected chi connectivity index (χ3v) is 4.62. The second-order valence-electron chi connectivity index (χ2n) is 5.35. The van der Waals surface area contributed by atoms with E-state index in [9.17, 15) is 4.79 Å². The molecule has 2 amide bonds. The topological polar surface area (TPSA) is 57.3 Å². The van der Waals surface area contributed by atoms with Gasteiger partial charge in [-0.15, -0.1) is 11.3 Å². The molecular weight excluding hydrogens is 284 g/mol. The molecular formula is C15H20N4OS. The Bertz CT molecular complexity index is 634. The molecule has 1 fully saturated rings. The van der Waals surface area contributed by atoms with Gasteiger partial charge in [0.1, 0.15) is 0 Å². The zero-order valence-electron chi connectivity index (χ0n) is 12.2. The van der Waals surface area contributed by atoms with Crippen LogP contribution in [0, 0.1) is 6.92 Å². The molecule has 2 N–H and O–H groups in total. The minimum Gasteiger partial charge on any atom is -0.337 e. The monoisotopic (exact) mass is 304 g/mol. The number of aryl methyl sites for hydroxylation is 1. The molecule has 21 heavy (non-hydrogen) atoms. The van der Waals surface area contributed by atoms with Gasteiger partial charge in [-0.3, -0.25) is 0 Å². The van der Waals surface area contributed by atoms with Gasteiger partial charge in [0.25, 0.3) is 0 Å². The maximum Gasteiger partial charge on any atom is 0.319 e. The smallest absolute Gasteiger partial charge is 0.319 e. The van der Waals surface area contributed by atoms with Crippen LogP contribution in [0.5, 0.6) is 0 Å². The lowest BCUT2D eigenvalue weighted by molar-refractivity contribution is 0.249. The van der Waals surface area contributed by atoms with E-state index in [1.165, 1.54) is 12.8 Å². The van der Waals surface area contributed by atoms with Gasteiger partial charge in [-0.25, -0.2) is 9.78 Å². The summed E-state index contributed by atoms with van der Waals surface area (Å²) >= 11 is 1.66. The number of nitrogens with zero attached hydrogens (tertiary/aromatic N) is 2. The van der Waals surface area contributed by atoms with E-state index < -0.39 is 0 Å². The lowest BCUT2D eigenvalue weighted by atomic mass is 10.3. The van der Waals surface area contributed by atoms with Crippen molar-refractivity contribution in [3.05, 3.63) is 23.2 Å². The first-order chi connectivity index (χ1) is 10.2. The van der Waals surface area contributed by atoms with Crippen molar-refractivity contribution in [1.29, 1.82) is 0 Å². The van der Waals surface area contributed by atoms with Gasteiger partial charge in [-0.1, -0.05) is 0 Å². The first kappa shape index (κ1) is 14.3. The van der Waals surface area contributed by atoms with E-state index in [1.807, 2.05) is 25.1 Å². The van der Waals surface area contributed by atoms with Crippen LogP contribution in [0.2, 0.25) is 0 Å². The average Bonchev–Trinajstić information content (AvgIpc) is 3.06. The van der Waals surface area contributed by atoms with Crippen molar-refractivity contribution in [1.82, 2.24) is 15.2 Å². The summed E-state index contributed by atoms with van der Waals surface area (Å²) in [4.78, 5) is 18.7. The molecule has 0 saturated carbocycles. The molecule has 0 radical (unpaired) electrons. The Morgan fingerprint density at radius 2 is 2.19 bits per heavy atom. The summed E-state index contributed by atoms with van der Waals surface area (Å²) in [6, 6.07) is 5.68. The summed E-state index contributed by atoms with van der Waals surface area (Å²) in [6.45, 7) is 5.91. The van der Waals surface area contributed by atoms with Crippen molar-refractivity contribution in [3.63, 3.8) is 0 Å². The third-order valence-electron chi connectivity index (χ3n) is 3.66. The fourth-order valence-corrected chi connectivity index (χ4v) is 3.44. The van der Waals surface area contributed by atoms with Crippen molar-refractivity contribution in [3.8, 4) is 0 Å². The molecule has 0 bridgehead atoms. The molecule has 1 aliphatic rings. The van der Waals surface area contributed by atoms with Crippen LogP contribution < -0.4 is 10.6 Å². The minimum atomic E-state index is -0.152. The fourth-order valence-electron chi connectivity index (χ4n) is 2.63. The van der Waals surface area contributed by atoms with Crippen LogP contribution in [-0.4, -0.2) is 42.1 Å². The number of hydrogen-bond acceptors (Lipinski definition) is 4. The highest BCUT2D eigenvalue weighted by Gasteiger charge is 2.11. The maximum absolute atomic E-state index is 11.9. The third kappa shape index (κ3) is 3.71. The van der Waals surface area contributed by atoms with Crippen molar-refractivity contribution in [2.45, 2.75) is 19.8 Å². The molecule has 1 saturated heterocycles. The number of carbonyl (C=O) groups is 1. The highest BCUT2D eigenvalue weighted by molar-refractivity contribution is 7.18. The van der Waals surface area contributed by atoms with Crippen molar-refractivity contribution in [2.24, 2.45) is 0 Å². The molecule has 2 aromatic rings. The number of fused-ring (bicyclic) bond motifs is 1. The molecule has 1 aliphatic heterocycles. The lowest BCUT2D eigenvalue weighted by Crippen LogP contribution is -2.35. The quantitative estimate of drug-likeness (QED) is 0.913. The minimum absolute atomic E-state index is 0.152. The van der Waals surface area contributed by atoms with E-state index >= 15 is 0 Å². The van der Waals surface area contributed by atoms with Gasteiger partial charge in [0, 0.05) is 18.8 Å². The number of thiazole rings is 1. The Balaban J connectivity index is 1.50. The lowest BCUT2D eigenvalue weighted by Gasteiger charge is -2.15. The van der Waals surface area contributed by atoms with Crippen LogP contribution in [0.3, 0.4) is 0 Å². The van der Waals surface area contributed by atoms with Gasteiger partial charge in [0.15, 0.2) is 0 Å². The number of nitrogens with one attached hydrogen (secondary N) is 2. The molecule has 0 spiro atoms. The number of hydrogen-bond donors (Lipinski definition) is 2. The van der Waals surface area contributed by atoms with Crippen LogP contribution in [0.25, 0.3) is 10.2 Å². The van der Waals surface area contributed by atoms with Gasteiger partial charge in [-0.05, 0) is 51.1 Å². The Morgan fingerprint density at radius 3 is 3.00 bits per heavy atom. The van der Waals surface area contributed by atoms with Crippen LogP contribution in [0.15, 0.2) is 18.2 Å². The number of likely N-dealkylation sites (tertiary alicyclic amines) is 1. The SMILES string of the molecule is Cc1nc2cc(NC(=O)NCCN3CCCC3)ccc2s1. The Labute approximate surface area is 128 Å². The fraction of sp³-hybridized carbons (Fsp3) is 0.467. The van der Waals surface area contributed by atoms with E-state index in [1.54, 1.807) is 11.3 Å². The van der Waals surface area contributed by atoms with Gasteiger partial charge in [0.2, 0.25) is 0 Å². The summed E-state index contributed by atoms with van der Waals surface area (Å²) in [5.41, 5.74) is 1.72. The number of rotatable bonds is 4. The molecule has 0 atom stereocenters. The summed E-state index contributed by atoms with van der Waals surface area (Å²) < 4.78 is 1.15.